The van der Waals surface area contributed by atoms with E-state index in [1.807, 2.05) is 7.05 Å². The minimum absolute atomic E-state index is 0.531. The SMILES string of the molecule is CCC(C)(C)CCNC. The van der Waals surface area contributed by atoms with Gasteiger partial charge in [0.2, 0.25) is 0 Å². The number of nitrogens with one attached hydrogen (secondary N) is 1. The summed E-state index contributed by atoms with van der Waals surface area (Å²) in [6, 6.07) is 0. The predicted molar refractivity (Wildman–Crippen MR) is 42.6 cm³/mol. The van der Waals surface area contributed by atoms with Gasteiger partial charge in [-0.05, 0) is 25.4 Å². The van der Waals surface area contributed by atoms with Crippen LogP contribution in [0.5, 0.6) is 0 Å². The van der Waals surface area contributed by atoms with Gasteiger partial charge < -0.3 is 5.32 Å². The Balaban J connectivity index is 3.33. The Labute approximate surface area is 58.8 Å². The van der Waals surface area contributed by atoms with Gasteiger partial charge in [-0.1, -0.05) is 27.2 Å². The van der Waals surface area contributed by atoms with Crippen LogP contribution in [0.4, 0.5) is 0 Å². The Hall–Kier alpha value is -0.0400. The zero-order valence-corrected chi connectivity index (χ0v) is 7.12. The van der Waals surface area contributed by atoms with Gasteiger partial charge in [-0.25, -0.2) is 0 Å². The summed E-state index contributed by atoms with van der Waals surface area (Å²) >= 11 is 0. The highest BCUT2D eigenvalue weighted by Crippen LogP contribution is 2.22. The molecule has 9 heavy (non-hydrogen) atoms. The molecule has 0 aromatic carbocycles. The second-order valence-electron chi connectivity index (χ2n) is 3.37. The number of hydrogen-bond acceptors (Lipinski definition) is 1. The van der Waals surface area contributed by atoms with Crippen LogP contribution in [0.3, 0.4) is 0 Å². The Morgan fingerprint density at radius 1 is 1.33 bits per heavy atom. The molecule has 1 heteroatoms. The molecule has 0 fully saturated rings. The highest BCUT2D eigenvalue weighted by atomic mass is 14.8. The van der Waals surface area contributed by atoms with E-state index in [-0.39, 0.29) is 0 Å². The predicted octanol–water partition coefficient (Wildman–Crippen LogP) is 2.03. The third-order valence-electron chi connectivity index (χ3n) is 2.01. The lowest BCUT2D eigenvalue weighted by molar-refractivity contribution is 0.319. The highest BCUT2D eigenvalue weighted by molar-refractivity contribution is 4.66. The summed E-state index contributed by atoms with van der Waals surface area (Å²) in [6.45, 7) is 8.01. The summed E-state index contributed by atoms with van der Waals surface area (Å²) in [6.07, 6.45) is 2.55. The first kappa shape index (κ1) is 8.96. The normalized spacial score (nSPS) is 12.0. The third kappa shape index (κ3) is 4.46. The fraction of sp³-hybridized carbons (Fsp3) is 1.00. The molecular weight excluding hydrogens is 110 g/mol. The fourth-order valence-electron chi connectivity index (χ4n) is 0.640. The summed E-state index contributed by atoms with van der Waals surface area (Å²) < 4.78 is 0. The van der Waals surface area contributed by atoms with E-state index in [2.05, 4.69) is 26.1 Å². The minimum Gasteiger partial charge on any atom is -0.320 e. The van der Waals surface area contributed by atoms with Crippen molar-refractivity contribution < 1.29 is 0 Å². The zero-order chi connectivity index (χ0) is 7.33. The molecule has 0 aromatic heterocycles. The lowest BCUT2D eigenvalue weighted by atomic mass is 9.87. The molecule has 0 heterocycles. The van der Waals surface area contributed by atoms with Gasteiger partial charge in [-0.3, -0.25) is 0 Å². The lowest BCUT2D eigenvalue weighted by Crippen LogP contribution is -2.18. The molecule has 0 atom stereocenters. The van der Waals surface area contributed by atoms with Crippen molar-refractivity contribution in [1.82, 2.24) is 5.32 Å². The quantitative estimate of drug-likeness (QED) is 0.612. The summed E-state index contributed by atoms with van der Waals surface area (Å²) in [5.74, 6) is 0. The van der Waals surface area contributed by atoms with Crippen molar-refractivity contribution in [3.63, 3.8) is 0 Å². The van der Waals surface area contributed by atoms with Crippen molar-refractivity contribution in [1.29, 1.82) is 0 Å². The maximum Gasteiger partial charge on any atom is -0.00468 e. The second-order valence-corrected chi connectivity index (χ2v) is 3.37. The van der Waals surface area contributed by atoms with Crippen LogP contribution >= 0.6 is 0 Å². The van der Waals surface area contributed by atoms with E-state index < -0.39 is 0 Å². The van der Waals surface area contributed by atoms with Crippen LogP contribution in [0.15, 0.2) is 0 Å². The Kier molecular flexibility index (Phi) is 3.87. The first-order chi connectivity index (χ1) is 4.12. The van der Waals surface area contributed by atoms with Crippen LogP contribution in [0.2, 0.25) is 0 Å². The monoisotopic (exact) mass is 129 g/mol. The largest absolute Gasteiger partial charge is 0.320 e. The Bertz CT molecular complexity index is 67.0. The molecular formula is C8H19N. The molecule has 0 bridgehead atoms. The first-order valence-corrected chi connectivity index (χ1v) is 3.77. The summed E-state index contributed by atoms with van der Waals surface area (Å²) in [5.41, 5.74) is 0.531. The van der Waals surface area contributed by atoms with Crippen molar-refractivity contribution in [3.8, 4) is 0 Å². The molecule has 0 saturated heterocycles. The van der Waals surface area contributed by atoms with Crippen molar-refractivity contribution >= 4 is 0 Å². The molecule has 0 amide bonds. The molecule has 0 radical (unpaired) electrons. The number of hydrogen-bond donors (Lipinski definition) is 1. The van der Waals surface area contributed by atoms with Crippen LogP contribution in [-0.2, 0) is 0 Å². The minimum atomic E-state index is 0.531. The molecule has 0 rings (SSSR count). The molecule has 0 spiro atoms. The van der Waals surface area contributed by atoms with Gasteiger partial charge in [0.1, 0.15) is 0 Å². The highest BCUT2D eigenvalue weighted by Gasteiger charge is 2.12. The lowest BCUT2D eigenvalue weighted by Gasteiger charge is -2.21. The molecule has 56 valence electrons. The molecule has 0 aromatic rings. The molecule has 0 aliphatic rings. The van der Waals surface area contributed by atoms with Gasteiger partial charge in [-0.2, -0.15) is 0 Å². The number of rotatable bonds is 4. The molecule has 0 saturated carbocycles. The van der Waals surface area contributed by atoms with E-state index in [1.54, 1.807) is 0 Å². The van der Waals surface area contributed by atoms with E-state index in [4.69, 9.17) is 0 Å². The molecule has 0 aliphatic carbocycles. The maximum absolute atomic E-state index is 3.16. The van der Waals surface area contributed by atoms with Crippen molar-refractivity contribution in [2.45, 2.75) is 33.6 Å². The summed E-state index contributed by atoms with van der Waals surface area (Å²) in [7, 11) is 2.01. The van der Waals surface area contributed by atoms with E-state index >= 15 is 0 Å². The molecule has 1 N–H and O–H groups in total. The summed E-state index contributed by atoms with van der Waals surface area (Å²) in [4.78, 5) is 0. The average molecular weight is 129 g/mol. The molecule has 0 aliphatic heterocycles. The first-order valence-electron chi connectivity index (χ1n) is 3.77. The van der Waals surface area contributed by atoms with E-state index in [1.165, 1.54) is 12.8 Å². The fourth-order valence-corrected chi connectivity index (χ4v) is 0.640. The topological polar surface area (TPSA) is 12.0 Å². The Morgan fingerprint density at radius 3 is 2.22 bits per heavy atom. The van der Waals surface area contributed by atoms with Crippen molar-refractivity contribution in [2.75, 3.05) is 13.6 Å². The standard InChI is InChI=1S/C8H19N/c1-5-8(2,3)6-7-9-4/h9H,5-7H2,1-4H3. The van der Waals surface area contributed by atoms with Gasteiger partial charge in [0.25, 0.3) is 0 Å². The van der Waals surface area contributed by atoms with Crippen LogP contribution in [0, 0.1) is 5.41 Å². The van der Waals surface area contributed by atoms with Gasteiger partial charge in [-0.15, -0.1) is 0 Å². The van der Waals surface area contributed by atoms with E-state index in [0.29, 0.717) is 5.41 Å². The van der Waals surface area contributed by atoms with Gasteiger partial charge in [0, 0.05) is 0 Å². The van der Waals surface area contributed by atoms with Crippen molar-refractivity contribution in [2.24, 2.45) is 5.41 Å². The second kappa shape index (κ2) is 3.89. The molecule has 0 unspecified atom stereocenters. The van der Waals surface area contributed by atoms with Crippen molar-refractivity contribution in [3.05, 3.63) is 0 Å². The zero-order valence-electron chi connectivity index (χ0n) is 7.12. The maximum atomic E-state index is 3.16. The van der Waals surface area contributed by atoms with Gasteiger partial charge >= 0.3 is 0 Å². The molecule has 1 nitrogen and oxygen atoms in total. The Morgan fingerprint density at radius 2 is 1.89 bits per heavy atom. The van der Waals surface area contributed by atoms with Gasteiger partial charge in [0.05, 0.1) is 0 Å². The van der Waals surface area contributed by atoms with E-state index in [9.17, 15) is 0 Å². The smallest absolute Gasteiger partial charge is 0.00468 e. The average Bonchev–Trinajstić information content (AvgIpc) is 1.84. The summed E-state index contributed by atoms with van der Waals surface area (Å²) in [5, 5.41) is 3.16. The van der Waals surface area contributed by atoms with Crippen LogP contribution < -0.4 is 5.32 Å². The van der Waals surface area contributed by atoms with Gasteiger partial charge in [0.15, 0.2) is 0 Å². The van der Waals surface area contributed by atoms with Crippen LogP contribution in [-0.4, -0.2) is 13.6 Å². The third-order valence-corrected chi connectivity index (χ3v) is 2.01. The van der Waals surface area contributed by atoms with Crippen LogP contribution in [0.1, 0.15) is 33.6 Å². The van der Waals surface area contributed by atoms with E-state index in [0.717, 1.165) is 6.54 Å². The van der Waals surface area contributed by atoms with Crippen LogP contribution in [0.25, 0.3) is 0 Å².